The van der Waals surface area contributed by atoms with Crippen LogP contribution >= 0.6 is 11.3 Å². The van der Waals surface area contributed by atoms with Crippen LogP contribution in [-0.2, 0) is 16.4 Å². The molecule has 0 amide bonds. The second kappa shape index (κ2) is 7.13. The maximum Gasteiger partial charge on any atom is 0.246 e. The molecule has 0 spiro atoms. The van der Waals surface area contributed by atoms with Crippen molar-refractivity contribution in [3.05, 3.63) is 21.4 Å². The van der Waals surface area contributed by atoms with Gasteiger partial charge in [0.1, 0.15) is 14.9 Å². The molecule has 2 aromatic heterocycles. The molecule has 1 fully saturated rings. The Balaban J connectivity index is 1.80. The van der Waals surface area contributed by atoms with Crippen molar-refractivity contribution in [1.82, 2.24) is 24.7 Å². The molecular formula is C16H25N5O2S2. The third-order valence-corrected chi connectivity index (χ3v) is 7.69. The predicted molar refractivity (Wildman–Crippen MR) is 97.2 cm³/mol. The molecule has 1 atom stereocenters. The second-order valence-electron chi connectivity index (χ2n) is 7.10. The van der Waals surface area contributed by atoms with Gasteiger partial charge in [0.25, 0.3) is 0 Å². The van der Waals surface area contributed by atoms with Crippen LogP contribution in [0.2, 0.25) is 0 Å². The number of aromatic nitrogens is 4. The van der Waals surface area contributed by atoms with Crippen LogP contribution in [0.15, 0.2) is 4.90 Å². The fraction of sp³-hybridized carbons (Fsp3) is 0.688. The fourth-order valence-corrected chi connectivity index (χ4v) is 6.31. The van der Waals surface area contributed by atoms with Crippen molar-refractivity contribution in [2.45, 2.75) is 57.8 Å². The Hall–Kier alpha value is -1.32. The normalized spacial score (nSPS) is 19.6. The monoisotopic (exact) mass is 383 g/mol. The molecule has 0 saturated carbocycles. The summed E-state index contributed by atoms with van der Waals surface area (Å²) in [6, 6.07) is 0. The number of sulfonamides is 1. The lowest BCUT2D eigenvalue weighted by Crippen LogP contribution is -2.39. The quantitative estimate of drug-likeness (QED) is 0.857. The predicted octanol–water partition coefficient (Wildman–Crippen LogP) is 2.64. The highest BCUT2D eigenvalue weighted by atomic mass is 32.2. The van der Waals surface area contributed by atoms with Crippen molar-refractivity contribution in [2.75, 3.05) is 13.1 Å². The summed E-state index contributed by atoms with van der Waals surface area (Å²) in [5.74, 6) is 0.658. The van der Waals surface area contributed by atoms with Crippen molar-refractivity contribution in [3.8, 4) is 0 Å². The summed E-state index contributed by atoms with van der Waals surface area (Å²) in [4.78, 5) is 0.311. The van der Waals surface area contributed by atoms with Gasteiger partial charge in [-0.2, -0.15) is 9.40 Å². The molecule has 9 heteroatoms. The van der Waals surface area contributed by atoms with Crippen LogP contribution in [-0.4, -0.2) is 46.2 Å². The number of aryl methyl sites for hydroxylation is 2. The van der Waals surface area contributed by atoms with Gasteiger partial charge < -0.3 is 0 Å². The third kappa shape index (κ3) is 3.78. The first-order valence-corrected chi connectivity index (χ1v) is 10.9. The molecule has 3 rings (SSSR count). The van der Waals surface area contributed by atoms with Gasteiger partial charge in [-0.15, -0.1) is 21.5 Å². The first kappa shape index (κ1) is 18.5. The number of aromatic amines is 1. The van der Waals surface area contributed by atoms with E-state index in [1.807, 2.05) is 0 Å². The minimum Gasteiger partial charge on any atom is -0.281 e. The molecule has 0 aliphatic carbocycles. The smallest absolute Gasteiger partial charge is 0.246 e. The maximum atomic E-state index is 13.1. The minimum atomic E-state index is -3.54. The van der Waals surface area contributed by atoms with E-state index in [9.17, 15) is 8.42 Å². The first-order chi connectivity index (χ1) is 11.8. The van der Waals surface area contributed by atoms with Crippen LogP contribution in [0.4, 0.5) is 0 Å². The van der Waals surface area contributed by atoms with E-state index < -0.39 is 10.0 Å². The summed E-state index contributed by atoms with van der Waals surface area (Å²) in [6.07, 6.45) is 2.70. The first-order valence-electron chi connectivity index (χ1n) is 8.63. The van der Waals surface area contributed by atoms with E-state index in [0.29, 0.717) is 35.3 Å². The van der Waals surface area contributed by atoms with Gasteiger partial charge in [0.2, 0.25) is 10.0 Å². The van der Waals surface area contributed by atoms with Crippen LogP contribution in [0, 0.1) is 19.8 Å². The van der Waals surface area contributed by atoms with Crippen molar-refractivity contribution < 1.29 is 8.42 Å². The average molecular weight is 384 g/mol. The lowest BCUT2D eigenvalue weighted by molar-refractivity contribution is 0.314. The van der Waals surface area contributed by atoms with E-state index in [2.05, 4.69) is 34.2 Å². The Labute approximate surface area is 152 Å². The van der Waals surface area contributed by atoms with Crippen LogP contribution in [0.5, 0.6) is 0 Å². The Morgan fingerprint density at radius 3 is 2.72 bits per heavy atom. The van der Waals surface area contributed by atoms with Crippen LogP contribution in [0.1, 0.15) is 54.0 Å². The highest BCUT2D eigenvalue weighted by Crippen LogP contribution is 2.33. The zero-order chi connectivity index (χ0) is 18.2. The molecule has 1 N–H and O–H groups in total. The maximum absolute atomic E-state index is 13.1. The number of piperidine rings is 1. The highest BCUT2D eigenvalue weighted by molar-refractivity contribution is 7.89. The van der Waals surface area contributed by atoms with Gasteiger partial charge in [-0.05, 0) is 32.6 Å². The van der Waals surface area contributed by atoms with Gasteiger partial charge in [0.05, 0.1) is 11.4 Å². The number of rotatable bonds is 5. The molecule has 0 radical (unpaired) electrons. The summed E-state index contributed by atoms with van der Waals surface area (Å²) in [7, 11) is -3.54. The summed E-state index contributed by atoms with van der Waals surface area (Å²) in [6.45, 7) is 8.79. The SMILES string of the molecule is Cc1n[nH]c(C)c1S(=O)(=O)N1CCCC(c2nnc(CC(C)C)s2)C1. The highest BCUT2D eigenvalue weighted by Gasteiger charge is 2.35. The summed E-state index contributed by atoms with van der Waals surface area (Å²) in [5, 5.41) is 17.4. The average Bonchev–Trinajstić information content (AvgIpc) is 3.14. The van der Waals surface area contributed by atoms with Gasteiger partial charge in [0, 0.05) is 25.4 Å². The molecule has 2 aromatic rings. The molecule has 7 nitrogen and oxygen atoms in total. The molecule has 1 aliphatic heterocycles. The summed E-state index contributed by atoms with van der Waals surface area (Å²) >= 11 is 1.62. The molecule has 0 bridgehead atoms. The molecule has 1 unspecified atom stereocenters. The molecule has 25 heavy (non-hydrogen) atoms. The van der Waals surface area contributed by atoms with E-state index >= 15 is 0 Å². The Morgan fingerprint density at radius 1 is 1.32 bits per heavy atom. The lowest BCUT2D eigenvalue weighted by Gasteiger charge is -2.30. The van der Waals surface area contributed by atoms with Gasteiger partial charge >= 0.3 is 0 Å². The van der Waals surface area contributed by atoms with Gasteiger partial charge in [-0.25, -0.2) is 8.42 Å². The van der Waals surface area contributed by atoms with Crippen LogP contribution in [0.25, 0.3) is 0 Å². The number of nitrogens with zero attached hydrogens (tertiary/aromatic N) is 4. The molecular weight excluding hydrogens is 358 g/mol. The number of hydrogen-bond acceptors (Lipinski definition) is 6. The largest absolute Gasteiger partial charge is 0.281 e. The van der Waals surface area contributed by atoms with E-state index in [4.69, 9.17) is 0 Å². The third-order valence-electron chi connectivity index (χ3n) is 4.46. The fourth-order valence-electron chi connectivity index (χ4n) is 3.28. The van der Waals surface area contributed by atoms with E-state index in [1.54, 1.807) is 29.5 Å². The zero-order valence-corrected chi connectivity index (χ0v) is 16.7. The molecule has 1 aliphatic rings. The minimum absolute atomic E-state index is 0.120. The Morgan fingerprint density at radius 2 is 2.08 bits per heavy atom. The van der Waals surface area contributed by atoms with Crippen molar-refractivity contribution in [1.29, 1.82) is 0 Å². The molecule has 1 saturated heterocycles. The summed E-state index contributed by atoms with van der Waals surface area (Å²) in [5.41, 5.74) is 1.12. The lowest BCUT2D eigenvalue weighted by atomic mass is 10.0. The number of H-pyrrole nitrogens is 1. The summed E-state index contributed by atoms with van der Waals surface area (Å²) < 4.78 is 27.7. The van der Waals surface area contributed by atoms with E-state index in [1.165, 1.54) is 0 Å². The molecule has 0 aromatic carbocycles. The zero-order valence-electron chi connectivity index (χ0n) is 15.1. The van der Waals surface area contributed by atoms with Crippen molar-refractivity contribution >= 4 is 21.4 Å². The Bertz CT molecular complexity index is 821. The number of nitrogens with one attached hydrogen (secondary N) is 1. The van der Waals surface area contributed by atoms with Crippen LogP contribution in [0.3, 0.4) is 0 Å². The van der Waals surface area contributed by atoms with Gasteiger partial charge in [0.15, 0.2) is 0 Å². The molecule has 3 heterocycles. The Kier molecular flexibility index (Phi) is 5.26. The molecule has 138 valence electrons. The topological polar surface area (TPSA) is 91.8 Å². The van der Waals surface area contributed by atoms with Gasteiger partial charge in [-0.1, -0.05) is 13.8 Å². The van der Waals surface area contributed by atoms with Crippen molar-refractivity contribution in [3.63, 3.8) is 0 Å². The van der Waals surface area contributed by atoms with Crippen LogP contribution < -0.4 is 0 Å². The second-order valence-corrected chi connectivity index (χ2v) is 10.1. The van der Waals surface area contributed by atoms with E-state index in [-0.39, 0.29) is 5.92 Å². The number of hydrogen-bond donors (Lipinski definition) is 1. The van der Waals surface area contributed by atoms with Gasteiger partial charge in [-0.3, -0.25) is 5.10 Å². The van der Waals surface area contributed by atoms with E-state index in [0.717, 1.165) is 29.3 Å². The van der Waals surface area contributed by atoms with Crippen molar-refractivity contribution in [2.24, 2.45) is 5.92 Å². The standard InChI is InChI=1S/C16H25N5O2S2/c1-10(2)8-14-19-20-16(24-14)13-6-5-7-21(9-13)25(22,23)15-11(3)17-18-12(15)4/h10,13H,5-9H2,1-4H3,(H,17,18).